The Balaban J connectivity index is 2.05. The smallest absolute Gasteiger partial charge is 0.223 e. The van der Waals surface area contributed by atoms with Gasteiger partial charge in [-0.2, -0.15) is 4.98 Å². The molecule has 2 N–H and O–H groups in total. The van der Waals surface area contributed by atoms with Gasteiger partial charge >= 0.3 is 0 Å². The molecule has 2 aromatic heterocycles. The lowest BCUT2D eigenvalue weighted by Crippen LogP contribution is -2.37. The van der Waals surface area contributed by atoms with Gasteiger partial charge in [-0.15, -0.1) is 11.3 Å². The molecule has 0 bridgehead atoms. The summed E-state index contributed by atoms with van der Waals surface area (Å²) in [5, 5.41) is 1.16. The average molecular weight is 290 g/mol. The summed E-state index contributed by atoms with van der Waals surface area (Å²) in [5.41, 5.74) is 5.91. The zero-order valence-electron chi connectivity index (χ0n) is 12.2. The van der Waals surface area contributed by atoms with E-state index in [0.717, 1.165) is 22.6 Å². The lowest BCUT2D eigenvalue weighted by atomic mass is 9.94. The quantitative estimate of drug-likeness (QED) is 0.935. The number of nitrogen functional groups attached to an aromatic ring is 1. The fourth-order valence-corrected chi connectivity index (χ4v) is 4.12. The van der Waals surface area contributed by atoms with Crippen molar-refractivity contribution in [2.45, 2.75) is 52.0 Å². The Bertz CT molecular complexity index is 601. The first-order chi connectivity index (χ1) is 9.69. The molecule has 0 unspecified atom stereocenters. The molecule has 1 aliphatic carbocycles. The topological polar surface area (TPSA) is 55.0 Å². The molecule has 0 atom stereocenters. The third-order valence-electron chi connectivity index (χ3n) is 4.14. The highest BCUT2D eigenvalue weighted by molar-refractivity contribution is 7.18. The maximum Gasteiger partial charge on any atom is 0.223 e. The van der Waals surface area contributed by atoms with Crippen molar-refractivity contribution in [3.05, 3.63) is 10.9 Å². The van der Waals surface area contributed by atoms with Crippen molar-refractivity contribution in [3.8, 4) is 0 Å². The molecule has 108 valence electrons. The summed E-state index contributed by atoms with van der Waals surface area (Å²) >= 11 is 1.70. The van der Waals surface area contributed by atoms with Gasteiger partial charge < -0.3 is 10.6 Å². The van der Waals surface area contributed by atoms with Gasteiger partial charge in [0.2, 0.25) is 5.95 Å². The summed E-state index contributed by atoms with van der Waals surface area (Å²) in [5.74, 6) is 1.43. The summed E-state index contributed by atoms with van der Waals surface area (Å²) in [6.45, 7) is 5.30. The largest absolute Gasteiger partial charge is 0.368 e. The molecule has 0 spiro atoms. The van der Waals surface area contributed by atoms with Gasteiger partial charge in [-0.05, 0) is 32.8 Å². The number of hydrogen-bond donors (Lipinski definition) is 1. The minimum Gasteiger partial charge on any atom is -0.368 e. The number of anilines is 2. The first kappa shape index (κ1) is 13.6. The third-order valence-corrected chi connectivity index (χ3v) is 5.09. The summed E-state index contributed by atoms with van der Waals surface area (Å²) in [4.78, 5) is 13.7. The molecule has 4 nitrogen and oxygen atoms in total. The predicted octanol–water partition coefficient (Wildman–Crippen LogP) is 3.74. The maximum absolute atomic E-state index is 5.91. The van der Waals surface area contributed by atoms with Gasteiger partial charge in [-0.3, -0.25) is 0 Å². The van der Waals surface area contributed by atoms with E-state index in [2.05, 4.69) is 34.8 Å². The highest BCUT2D eigenvalue weighted by Gasteiger charge is 2.23. The minimum absolute atomic E-state index is 0.392. The van der Waals surface area contributed by atoms with Gasteiger partial charge in [-0.25, -0.2) is 4.98 Å². The zero-order chi connectivity index (χ0) is 14.1. The number of nitrogens with two attached hydrogens (primary N) is 1. The zero-order valence-corrected chi connectivity index (χ0v) is 13.0. The van der Waals surface area contributed by atoms with E-state index in [1.165, 1.54) is 37.0 Å². The van der Waals surface area contributed by atoms with Crippen molar-refractivity contribution < 1.29 is 0 Å². The molecule has 1 fully saturated rings. The monoisotopic (exact) mass is 290 g/mol. The summed E-state index contributed by atoms with van der Waals surface area (Å²) < 4.78 is 0. The summed E-state index contributed by atoms with van der Waals surface area (Å²) in [6.07, 6.45) is 6.55. The second-order valence-corrected chi connectivity index (χ2v) is 6.79. The maximum atomic E-state index is 5.91. The standard InChI is InChI=1S/C15H22N4S/c1-3-19(11-7-5-4-6-8-11)13-12-9-10(2)20-14(12)18-15(16)17-13/h9,11H,3-8H2,1-2H3,(H2,16,17,18). The SMILES string of the molecule is CCN(c1nc(N)nc2sc(C)cc12)C1CCCCC1. The van der Waals surface area contributed by atoms with Gasteiger partial charge in [-0.1, -0.05) is 19.3 Å². The van der Waals surface area contributed by atoms with Crippen LogP contribution in [0.25, 0.3) is 10.2 Å². The fourth-order valence-electron chi connectivity index (χ4n) is 3.24. The molecule has 20 heavy (non-hydrogen) atoms. The molecular formula is C15H22N4S. The number of nitrogens with zero attached hydrogens (tertiary/aromatic N) is 3. The van der Waals surface area contributed by atoms with E-state index in [0.29, 0.717) is 12.0 Å². The molecule has 2 heterocycles. The number of rotatable bonds is 3. The first-order valence-corrected chi connectivity index (χ1v) is 8.31. The van der Waals surface area contributed by atoms with Crippen LogP contribution in [0.3, 0.4) is 0 Å². The van der Waals surface area contributed by atoms with Crippen LogP contribution in [0, 0.1) is 6.92 Å². The minimum atomic E-state index is 0.392. The third kappa shape index (κ3) is 2.46. The van der Waals surface area contributed by atoms with Gasteiger partial charge in [0.05, 0.1) is 5.39 Å². The molecule has 0 amide bonds. The second-order valence-electron chi connectivity index (χ2n) is 5.56. The van der Waals surface area contributed by atoms with Crippen LogP contribution in [-0.4, -0.2) is 22.6 Å². The van der Waals surface area contributed by atoms with Gasteiger partial charge in [0.25, 0.3) is 0 Å². The van der Waals surface area contributed by atoms with Crippen molar-refractivity contribution in [1.29, 1.82) is 0 Å². The molecule has 0 radical (unpaired) electrons. The lowest BCUT2D eigenvalue weighted by molar-refractivity contribution is 0.417. The molecule has 2 aromatic rings. The Labute approximate surface area is 124 Å². The van der Waals surface area contributed by atoms with E-state index >= 15 is 0 Å². The van der Waals surface area contributed by atoms with E-state index in [-0.39, 0.29) is 0 Å². The van der Waals surface area contributed by atoms with Crippen molar-refractivity contribution in [3.63, 3.8) is 0 Å². The van der Waals surface area contributed by atoms with E-state index in [1.54, 1.807) is 11.3 Å². The number of hydrogen-bond acceptors (Lipinski definition) is 5. The van der Waals surface area contributed by atoms with Crippen LogP contribution in [0.2, 0.25) is 0 Å². The van der Waals surface area contributed by atoms with E-state index in [4.69, 9.17) is 5.73 Å². The Morgan fingerprint density at radius 2 is 2.05 bits per heavy atom. The molecule has 5 heteroatoms. The van der Waals surface area contributed by atoms with Crippen molar-refractivity contribution in [2.75, 3.05) is 17.2 Å². The Morgan fingerprint density at radius 1 is 1.30 bits per heavy atom. The van der Waals surface area contributed by atoms with Crippen LogP contribution in [0.1, 0.15) is 43.9 Å². The van der Waals surface area contributed by atoms with Crippen molar-refractivity contribution in [1.82, 2.24) is 9.97 Å². The number of aryl methyl sites for hydroxylation is 1. The lowest BCUT2D eigenvalue weighted by Gasteiger charge is -2.34. The predicted molar refractivity (Wildman–Crippen MR) is 86.5 cm³/mol. The van der Waals surface area contributed by atoms with Crippen LogP contribution in [0.4, 0.5) is 11.8 Å². The average Bonchev–Trinajstić information content (AvgIpc) is 2.81. The number of aromatic nitrogens is 2. The molecular weight excluding hydrogens is 268 g/mol. The van der Waals surface area contributed by atoms with Gasteiger partial charge in [0.1, 0.15) is 10.6 Å². The molecule has 1 aliphatic rings. The molecule has 0 aliphatic heterocycles. The van der Waals surface area contributed by atoms with Crippen LogP contribution >= 0.6 is 11.3 Å². The Morgan fingerprint density at radius 3 is 2.75 bits per heavy atom. The molecule has 1 saturated carbocycles. The van der Waals surface area contributed by atoms with E-state index in [9.17, 15) is 0 Å². The molecule has 3 rings (SSSR count). The highest BCUT2D eigenvalue weighted by Crippen LogP contribution is 2.34. The molecule has 0 saturated heterocycles. The van der Waals surface area contributed by atoms with Gasteiger partial charge in [0.15, 0.2) is 0 Å². The van der Waals surface area contributed by atoms with Crippen LogP contribution < -0.4 is 10.6 Å². The normalized spacial score (nSPS) is 16.7. The number of fused-ring (bicyclic) bond motifs is 1. The van der Waals surface area contributed by atoms with E-state index < -0.39 is 0 Å². The Kier molecular flexibility index (Phi) is 3.78. The molecule has 0 aromatic carbocycles. The summed E-state index contributed by atoms with van der Waals surface area (Å²) in [7, 11) is 0. The summed E-state index contributed by atoms with van der Waals surface area (Å²) in [6, 6.07) is 2.80. The van der Waals surface area contributed by atoms with Crippen molar-refractivity contribution >= 4 is 33.3 Å². The van der Waals surface area contributed by atoms with Crippen LogP contribution in [-0.2, 0) is 0 Å². The van der Waals surface area contributed by atoms with E-state index in [1.807, 2.05) is 0 Å². The second kappa shape index (κ2) is 5.56. The number of thiophene rings is 1. The highest BCUT2D eigenvalue weighted by atomic mass is 32.1. The first-order valence-electron chi connectivity index (χ1n) is 7.49. The van der Waals surface area contributed by atoms with Crippen LogP contribution in [0.5, 0.6) is 0 Å². The van der Waals surface area contributed by atoms with Crippen molar-refractivity contribution in [2.24, 2.45) is 0 Å². The fraction of sp³-hybridized carbons (Fsp3) is 0.600. The Hall–Kier alpha value is -1.36. The van der Waals surface area contributed by atoms with Gasteiger partial charge in [0, 0.05) is 17.5 Å². The van der Waals surface area contributed by atoms with Crippen LogP contribution in [0.15, 0.2) is 6.07 Å².